The minimum atomic E-state index is -0.128. The van der Waals surface area contributed by atoms with Gasteiger partial charge in [0, 0.05) is 18.0 Å². The predicted octanol–water partition coefficient (Wildman–Crippen LogP) is 5.95. The van der Waals surface area contributed by atoms with Gasteiger partial charge in [0.25, 0.3) is 0 Å². The van der Waals surface area contributed by atoms with E-state index in [0.717, 1.165) is 28.3 Å². The summed E-state index contributed by atoms with van der Waals surface area (Å²) in [7, 11) is 1.63. The molecule has 3 aromatic rings. The average Bonchev–Trinajstić information content (AvgIpc) is 3.35. The maximum absolute atomic E-state index is 13.0. The van der Waals surface area contributed by atoms with E-state index in [-0.39, 0.29) is 11.4 Å². The first-order valence-corrected chi connectivity index (χ1v) is 12.0. The molecule has 1 fully saturated rings. The molecule has 172 valence electrons. The highest BCUT2D eigenvalue weighted by molar-refractivity contribution is 7.99. The summed E-state index contributed by atoms with van der Waals surface area (Å²) in [5.74, 6) is 2.99. The van der Waals surface area contributed by atoms with Gasteiger partial charge in [0.1, 0.15) is 17.7 Å². The van der Waals surface area contributed by atoms with Crippen LogP contribution in [0.1, 0.15) is 23.4 Å². The summed E-state index contributed by atoms with van der Waals surface area (Å²) < 4.78 is 17.0. The summed E-state index contributed by atoms with van der Waals surface area (Å²) in [5.41, 5.74) is 2.82. The minimum Gasteiger partial charge on any atom is -0.494 e. The van der Waals surface area contributed by atoms with Gasteiger partial charge in [0.2, 0.25) is 0 Å². The normalized spacial score (nSPS) is 15.2. The zero-order valence-corrected chi connectivity index (χ0v) is 19.6. The van der Waals surface area contributed by atoms with E-state index in [1.165, 1.54) is 0 Å². The van der Waals surface area contributed by atoms with Crippen LogP contribution in [0.4, 0.5) is 10.5 Å². The Morgan fingerprint density at radius 2 is 1.82 bits per heavy atom. The molecular formula is C26H28N2O4S. The van der Waals surface area contributed by atoms with Crippen molar-refractivity contribution in [2.75, 3.05) is 31.3 Å². The van der Waals surface area contributed by atoms with Crippen LogP contribution in [0, 0.1) is 0 Å². The van der Waals surface area contributed by atoms with E-state index < -0.39 is 0 Å². The highest BCUT2D eigenvalue weighted by Crippen LogP contribution is 2.41. The lowest BCUT2D eigenvalue weighted by Gasteiger charge is -2.25. The van der Waals surface area contributed by atoms with E-state index in [9.17, 15) is 4.79 Å². The number of thioether (sulfide) groups is 1. The van der Waals surface area contributed by atoms with Crippen molar-refractivity contribution in [1.29, 1.82) is 0 Å². The number of anilines is 1. The number of carbonyl (C=O) groups is 1. The van der Waals surface area contributed by atoms with E-state index in [0.29, 0.717) is 31.3 Å². The molecule has 0 radical (unpaired) electrons. The molecule has 4 rings (SSSR count). The van der Waals surface area contributed by atoms with Gasteiger partial charge >= 0.3 is 6.03 Å². The number of urea groups is 1. The molecule has 0 bridgehead atoms. The first kappa shape index (κ1) is 22.9. The molecule has 1 unspecified atom stereocenters. The lowest BCUT2D eigenvalue weighted by molar-refractivity contribution is 0.214. The Bertz CT molecular complexity index is 1060. The Hall–Kier alpha value is -3.32. The Labute approximate surface area is 198 Å². The van der Waals surface area contributed by atoms with Crippen molar-refractivity contribution in [3.05, 3.63) is 83.9 Å². The van der Waals surface area contributed by atoms with Crippen LogP contribution in [-0.4, -0.2) is 36.9 Å². The molecule has 1 aliphatic heterocycles. The van der Waals surface area contributed by atoms with Crippen molar-refractivity contribution < 1.29 is 19.0 Å². The SMILES string of the molecule is CCOc1ccc(NC(=O)N2CCSC2c2ccc(OC)c(OCc3ccccc3)c2)cc1. The molecule has 7 heteroatoms. The average molecular weight is 465 g/mol. The Morgan fingerprint density at radius 1 is 1.03 bits per heavy atom. The third-order valence-electron chi connectivity index (χ3n) is 5.28. The molecule has 1 heterocycles. The van der Waals surface area contributed by atoms with Crippen molar-refractivity contribution in [1.82, 2.24) is 4.90 Å². The number of nitrogens with one attached hydrogen (secondary N) is 1. The molecule has 0 aliphatic carbocycles. The molecule has 2 amide bonds. The number of hydrogen-bond acceptors (Lipinski definition) is 5. The summed E-state index contributed by atoms with van der Waals surface area (Å²) in [6.45, 7) is 3.67. The number of nitrogens with zero attached hydrogens (tertiary/aromatic N) is 1. The van der Waals surface area contributed by atoms with Crippen LogP contribution >= 0.6 is 11.8 Å². The standard InChI is InChI=1S/C26H28N2O4S/c1-3-31-22-12-10-21(11-13-22)27-26(29)28-15-16-33-25(28)20-9-14-23(30-2)24(17-20)32-18-19-7-5-4-6-8-19/h4-14,17,25H,3,15-16,18H2,1-2H3,(H,27,29). The van der Waals surface area contributed by atoms with Crippen molar-refractivity contribution in [2.24, 2.45) is 0 Å². The van der Waals surface area contributed by atoms with E-state index in [2.05, 4.69) is 5.32 Å². The lowest BCUT2D eigenvalue weighted by atomic mass is 10.1. The van der Waals surface area contributed by atoms with Crippen LogP contribution in [0.3, 0.4) is 0 Å². The Balaban J connectivity index is 1.47. The van der Waals surface area contributed by atoms with Gasteiger partial charge < -0.3 is 24.4 Å². The van der Waals surface area contributed by atoms with Crippen LogP contribution in [0.15, 0.2) is 72.8 Å². The summed E-state index contributed by atoms with van der Waals surface area (Å²) in [5, 5.41) is 2.90. The Morgan fingerprint density at radius 3 is 2.55 bits per heavy atom. The third-order valence-corrected chi connectivity index (χ3v) is 6.54. The summed E-state index contributed by atoms with van der Waals surface area (Å²) in [4.78, 5) is 14.9. The molecule has 1 saturated heterocycles. The zero-order chi connectivity index (χ0) is 23.0. The number of amides is 2. The van der Waals surface area contributed by atoms with Crippen LogP contribution in [0.5, 0.6) is 17.2 Å². The van der Waals surface area contributed by atoms with Gasteiger partial charge in [-0.05, 0) is 54.4 Å². The number of hydrogen-bond donors (Lipinski definition) is 1. The van der Waals surface area contributed by atoms with Gasteiger partial charge in [-0.2, -0.15) is 0 Å². The number of rotatable bonds is 8. The van der Waals surface area contributed by atoms with Crippen molar-refractivity contribution in [2.45, 2.75) is 18.9 Å². The lowest BCUT2D eigenvalue weighted by Crippen LogP contribution is -2.34. The van der Waals surface area contributed by atoms with Gasteiger partial charge in [0.15, 0.2) is 11.5 Å². The Kier molecular flexibility index (Phi) is 7.62. The van der Waals surface area contributed by atoms with Gasteiger partial charge in [-0.25, -0.2) is 4.79 Å². The smallest absolute Gasteiger partial charge is 0.323 e. The second kappa shape index (κ2) is 11.0. The number of methoxy groups -OCH3 is 1. The fourth-order valence-corrected chi connectivity index (χ4v) is 4.89. The fourth-order valence-electron chi connectivity index (χ4n) is 3.65. The van der Waals surface area contributed by atoms with E-state index in [4.69, 9.17) is 14.2 Å². The van der Waals surface area contributed by atoms with E-state index in [1.54, 1.807) is 18.9 Å². The van der Waals surface area contributed by atoms with Crippen LogP contribution in [0.2, 0.25) is 0 Å². The first-order valence-electron chi connectivity index (χ1n) is 10.9. The number of carbonyl (C=O) groups excluding carboxylic acids is 1. The van der Waals surface area contributed by atoms with Crippen molar-refractivity contribution >= 4 is 23.5 Å². The molecule has 1 aliphatic rings. The minimum absolute atomic E-state index is 0.0994. The zero-order valence-electron chi connectivity index (χ0n) is 18.8. The molecule has 6 nitrogen and oxygen atoms in total. The quantitative estimate of drug-likeness (QED) is 0.446. The van der Waals surface area contributed by atoms with Gasteiger partial charge in [-0.1, -0.05) is 36.4 Å². The molecule has 1 atom stereocenters. The third kappa shape index (κ3) is 5.73. The molecule has 0 saturated carbocycles. The molecule has 1 N–H and O–H groups in total. The second-order valence-electron chi connectivity index (χ2n) is 7.49. The van der Waals surface area contributed by atoms with Gasteiger partial charge in [-0.15, -0.1) is 11.8 Å². The van der Waals surface area contributed by atoms with Crippen LogP contribution in [0.25, 0.3) is 0 Å². The maximum atomic E-state index is 13.0. The van der Waals surface area contributed by atoms with Crippen molar-refractivity contribution in [3.8, 4) is 17.2 Å². The van der Waals surface area contributed by atoms with Gasteiger partial charge in [-0.3, -0.25) is 0 Å². The highest BCUT2D eigenvalue weighted by Gasteiger charge is 2.31. The summed E-state index contributed by atoms with van der Waals surface area (Å²) in [6.07, 6.45) is 0. The van der Waals surface area contributed by atoms with E-state index >= 15 is 0 Å². The van der Waals surface area contributed by atoms with E-state index in [1.807, 2.05) is 84.6 Å². The largest absolute Gasteiger partial charge is 0.494 e. The first-order chi connectivity index (χ1) is 16.2. The number of ether oxygens (including phenoxy) is 3. The molecule has 3 aromatic carbocycles. The monoisotopic (exact) mass is 464 g/mol. The molecule has 33 heavy (non-hydrogen) atoms. The summed E-state index contributed by atoms with van der Waals surface area (Å²) >= 11 is 1.74. The molecule has 0 spiro atoms. The topological polar surface area (TPSA) is 60.0 Å². The molecular weight excluding hydrogens is 436 g/mol. The van der Waals surface area contributed by atoms with Crippen molar-refractivity contribution in [3.63, 3.8) is 0 Å². The highest BCUT2D eigenvalue weighted by atomic mass is 32.2. The summed E-state index contributed by atoms with van der Waals surface area (Å²) in [6, 6.07) is 23.2. The van der Waals surface area contributed by atoms with Gasteiger partial charge in [0.05, 0.1) is 13.7 Å². The predicted molar refractivity (Wildman–Crippen MR) is 132 cm³/mol. The fraction of sp³-hybridized carbons (Fsp3) is 0.269. The second-order valence-corrected chi connectivity index (χ2v) is 8.68. The van der Waals surface area contributed by atoms with Crippen LogP contribution in [-0.2, 0) is 6.61 Å². The number of benzene rings is 3. The molecule has 0 aromatic heterocycles. The van der Waals surface area contributed by atoms with Crippen LogP contribution < -0.4 is 19.5 Å². The maximum Gasteiger partial charge on any atom is 0.323 e.